The van der Waals surface area contributed by atoms with Gasteiger partial charge in [-0.25, -0.2) is 0 Å². The number of anilines is 2. The minimum absolute atomic E-state index is 0.148. The summed E-state index contributed by atoms with van der Waals surface area (Å²) in [5.74, 6) is -1.24. The summed E-state index contributed by atoms with van der Waals surface area (Å²) in [4.78, 5) is 26.0. The van der Waals surface area contributed by atoms with Crippen LogP contribution < -0.4 is 10.6 Å². The van der Waals surface area contributed by atoms with E-state index >= 15 is 0 Å². The second-order valence-corrected chi connectivity index (χ2v) is 7.55. The van der Waals surface area contributed by atoms with Gasteiger partial charge >= 0.3 is 0 Å². The summed E-state index contributed by atoms with van der Waals surface area (Å²) in [6.45, 7) is 0. The zero-order chi connectivity index (χ0) is 20.2. The van der Waals surface area contributed by atoms with E-state index in [0.717, 1.165) is 16.5 Å². The zero-order valence-corrected chi connectivity index (χ0v) is 16.5. The summed E-state index contributed by atoms with van der Waals surface area (Å²) in [5.41, 5.74) is 1.31. The molecule has 1 aliphatic rings. The van der Waals surface area contributed by atoms with E-state index in [2.05, 4.69) is 10.6 Å². The van der Waals surface area contributed by atoms with E-state index in [9.17, 15) is 9.59 Å². The molecule has 0 heterocycles. The first-order valence-electron chi connectivity index (χ1n) is 9.62. The molecular weight excluding hydrogens is 384 g/mol. The largest absolute Gasteiger partial charge is 0.325 e. The van der Waals surface area contributed by atoms with Gasteiger partial charge in [-0.05, 0) is 36.4 Å². The van der Waals surface area contributed by atoms with E-state index in [0.29, 0.717) is 23.6 Å². The molecule has 3 aromatic rings. The average Bonchev–Trinajstić information content (AvgIpc) is 2.75. The van der Waals surface area contributed by atoms with Crippen LogP contribution in [0.2, 0.25) is 5.02 Å². The molecule has 0 spiro atoms. The Morgan fingerprint density at radius 2 is 1.28 bits per heavy atom. The molecule has 2 unspecified atom stereocenters. The highest BCUT2D eigenvalue weighted by Crippen LogP contribution is 2.31. The Balaban J connectivity index is 1.54. The number of nitrogens with one attached hydrogen (secondary N) is 2. The molecule has 0 bridgehead atoms. The Morgan fingerprint density at radius 1 is 0.724 bits per heavy atom. The number of carbonyl (C=O) groups excluding carboxylic acids is 2. The van der Waals surface area contributed by atoms with Gasteiger partial charge in [0.2, 0.25) is 11.8 Å². The van der Waals surface area contributed by atoms with Crippen molar-refractivity contribution in [1.82, 2.24) is 0 Å². The zero-order valence-electron chi connectivity index (χ0n) is 15.8. The number of hydrogen-bond donors (Lipinski definition) is 2. The Morgan fingerprint density at radius 3 is 2.00 bits per heavy atom. The molecule has 2 N–H and O–H groups in total. The van der Waals surface area contributed by atoms with Crippen LogP contribution in [0.25, 0.3) is 10.8 Å². The van der Waals surface area contributed by atoms with E-state index in [4.69, 9.17) is 11.6 Å². The first-order chi connectivity index (χ1) is 14.1. The molecule has 5 heteroatoms. The van der Waals surface area contributed by atoms with Gasteiger partial charge in [0.25, 0.3) is 0 Å². The fourth-order valence-electron chi connectivity index (χ4n) is 3.74. The third-order valence-electron chi connectivity index (χ3n) is 5.29. The fraction of sp³-hybridized carbons (Fsp3) is 0.167. The van der Waals surface area contributed by atoms with Crippen molar-refractivity contribution in [2.45, 2.75) is 12.8 Å². The molecule has 1 aliphatic carbocycles. The molecule has 3 aromatic carbocycles. The van der Waals surface area contributed by atoms with Gasteiger partial charge in [-0.1, -0.05) is 72.3 Å². The highest BCUT2D eigenvalue weighted by atomic mass is 35.5. The van der Waals surface area contributed by atoms with Gasteiger partial charge < -0.3 is 10.6 Å². The Hall–Kier alpha value is -3.11. The maximum Gasteiger partial charge on any atom is 0.228 e. The molecule has 2 amide bonds. The van der Waals surface area contributed by atoms with E-state index in [1.165, 1.54) is 0 Å². The molecule has 0 aliphatic heterocycles. The second kappa shape index (κ2) is 8.50. The smallest absolute Gasteiger partial charge is 0.228 e. The van der Waals surface area contributed by atoms with Crippen molar-refractivity contribution in [3.05, 3.63) is 83.9 Å². The van der Waals surface area contributed by atoms with Crippen LogP contribution in [-0.4, -0.2) is 11.8 Å². The molecule has 2 atom stereocenters. The van der Waals surface area contributed by atoms with Crippen molar-refractivity contribution in [2.24, 2.45) is 11.8 Å². The maximum atomic E-state index is 13.1. The van der Waals surface area contributed by atoms with E-state index in [1.807, 2.05) is 66.7 Å². The number of rotatable bonds is 4. The SMILES string of the molecule is O=C(Nc1ccccc1Cl)C1CC=CCC1C(=O)Nc1cccc2ccccc12. The van der Waals surface area contributed by atoms with Crippen molar-refractivity contribution in [3.63, 3.8) is 0 Å². The van der Waals surface area contributed by atoms with Crippen LogP contribution in [0, 0.1) is 11.8 Å². The molecule has 0 saturated heterocycles. The van der Waals surface area contributed by atoms with Gasteiger partial charge in [-0.2, -0.15) is 0 Å². The highest BCUT2D eigenvalue weighted by molar-refractivity contribution is 6.33. The Labute approximate surface area is 174 Å². The number of amides is 2. The monoisotopic (exact) mass is 404 g/mol. The molecule has 29 heavy (non-hydrogen) atoms. The van der Waals surface area contributed by atoms with Crippen LogP contribution >= 0.6 is 11.6 Å². The van der Waals surface area contributed by atoms with Crippen molar-refractivity contribution in [3.8, 4) is 0 Å². The highest BCUT2D eigenvalue weighted by Gasteiger charge is 2.34. The molecule has 0 fully saturated rings. The van der Waals surface area contributed by atoms with Crippen LogP contribution in [0.1, 0.15) is 12.8 Å². The number of fused-ring (bicyclic) bond motifs is 1. The standard InChI is InChI=1S/C24H21ClN2O2/c25-20-13-5-6-14-22(20)27-24(29)19-12-4-3-11-18(19)23(28)26-21-15-7-9-16-8-1-2-10-17(16)21/h1-10,13-15,18-19H,11-12H2,(H,26,28)(H,27,29). The summed E-state index contributed by atoms with van der Waals surface area (Å²) in [6, 6.07) is 20.8. The van der Waals surface area contributed by atoms with Gasteiger partial charge in [-0.3, -0.25) is 9.59 Å². The van der Waals surface area contributed by atoms with Crippen molar-refractivity contribution < 1.29 is 9.59 Å². The van der Waals surface area contributed by atoms with E-state index < -0.39 is 11.8 Å². The lowest BCUT2D eigenvalue weighted by atomic mass is 9.81. The number of para-hydroxylation sites is 1. The van der Waals surface area contributed by atoms with Crippen LogP contribution in [0.15, 0.2) is 78.9 Å². The van der Waals surface area contributed by atoms with Crippen LogP contribution in [-0.2, 0) is 9.59 Å². The Bertz CT molecular complexity index is 1090. The number of hydrogen-bond acceptors (Lipinski definition) is 2. The van der Waals surface area contributed by atoms with Crippen LogP contribution in [0.3, 0.4) is 0 Å². The predicted octanol–water partition coefficient (Wildman–Crippen LogP) is 5.65. The average molecular weight is 405 g/mol. The lowest BCUT2D eigenvalue weighted by Gasteiger charge is -2.27. The normalized spacial score (nSPS) is 18.4. The van der Waals surface area contributed by atoms with E-state index in [1.54, 1.807) is 12.1 Å². The molecule has 0 aromatic heterocycles. The van der Waals surface area contributed by atoms with Gasteiger partial charge in [0.1, 0.15) is 0 Å². The van der Waals surface area contributed by atoms with Crippen molar-refractivity contribution in [1.29, 1.82) is 0 Å². The topological polar surface area (TPSA) is 58.2 Å². The molecular formula is C24H21ClN2O2. The van der Waals surface area contributed by atoms with E-state index in [-0.39, 0.29) is 11.8 Å². The van der Waals surface area contributed by atoms with Gasteiger partial charge in [-0.15, -0.1) is 0 Å². The summed E-state index contributed by atoms with van der Waals surface area (Å²) < 4.78 is 0. The summed E-state index contributed by atoms with van der Waals surface area (Å²) in [7, 11) is 0. The minimum Gasteiger partial charge on any atom is -0.325 e. The first-order valence-corrected chi connectivity index (χ1v) is 10.0. The number of carbonyl (C=O) groups is 2. The molecule has 4 nitrogen and oxygen atoms in total. The Kier molecular flexibility index (Phi) is 5.63. The maximum absolute atomic E-state index is 13.1. The summed E-state index contributed by atoms with van der Waals surface area (Å²) in [6.07, 6.45) is 4.96. The second-order valence-electron chi connectivity index (χ2n) is 7.14. The lowest BCUT2D eigenvalue weighted by Crippen LogP contribution is -2.37. The lowest BCUT2D eigenvalue weighted by molar-refractivity contribution is -0.129. The van der Waals surface area contributed by atoms with Crippen molar-refractivity contribution in [2.75, 3.05) is 10.6 Å². The molecule has 0 radical (unpaired) electrons. The molecule has 0 saturated carbocycles. The quantitative estimate of drug-likeness (QED) is 0.552. The predicted molar refractivity (Wildman–Crippen MR) is 118 cm³/mol. The van der Waals surface area contributed by atoms with Crippen LogP contribution in [0.4, 0.5) is 11.4 Å². The fourth-order valence-corrected chi connectivity index (χ4v) is 3.92. The van der Waals surface area contributed by atoms with Crippen LogP contribution in [0.5, 0.6) is 0 Å². The summed E-state index contributed by atoms with van der Waals surface area (Å²) >= 11 is 6.16. The first kappa shape index (κ1) is 19.2. The third-order valence-corrected chi connectivity index (χ3v) is 5.61. The van der Waals surface area contributed by atoms with Gasteiger partial charge in [0.05, 0.1) is 22.5 Å². The van der Waals surface area contributed by atoms with Crippen molar-refractivity contribution >= 4 is 45.6 Å². The number of benzene rings is 3. The summed E-state index contributed by atoms with van der Waals surface area (Å²) in [5, 5.41) is 8.42. The molecule has 146 valence electrons. The van der Waals surface area contributed by atoms with Gasteiger partial charge in [0, 0.05) is 11.1 Å². The van der Waals surface area contributed by atoms with Gasteiger partial charge in [0.15, 0.2) is 0 Å². The number of allylic oxidation sites excluding steroid dienone is 2. The minimum atomic E-state index is -0.453. The third kappa shape index (κ3) is 4.17. The molecule has 4 rings (SSSR count). The number of halogens is 1.